The molecule has 0 aromatic heterocycles. The number of amides is 2. The molecule has 0 spiro atoms. The maximum atomic E-state index is 12.2. The highest BCUT2D eigenvalue weighted by atomic mass is 35.5. The zero-order valence-electron chi connectivity index (χ0n) is 11.1. The van der Waals surface area contributed by atoms with Crippen LogP contribution in [-0.2, 0) is 0 Å². The van der Waals surface area contributed by atoms with Crippen molar-refractivity contribution in [3.05, 3.63) is 40.9 Å². The summed E-state index contributed by atoms with van der Waals surface area (Å²) in [6, 6.07) is 4.86. The monoisotopic (exact) mass is 313 g/mol. The summed E-state index contributed by atoms with van der Waals surface area (Å²) in [5.41, 5.74) is 0.540. The van der Waals surface area contributed by atoms with Gasteiger partial charge < -0.3 is 10.2 Å². The van der Waals surface area contributed by atoms with E-state index in [-0.39, 0.29) is 6.03 Å². The molecule has 1 heterocycles. The van der Waals surface area contributed by atoms with Crippen LogP contribution in [-0.4, -0.2) is 48.6 Å². The van der Waals surface area contributed by atoms with Gasteiger partial charge in [0.05, 0.1) is 10.7 Å². The van der Waals surface area contributed by atoms with E-state index in [4.69, 9.17) is 23.2 Å². The molecule has 0 atom stereocenters. The molecule has 1 fully saturated rings. The number of halogens is 2. The van der Waals surface area contributed by atoms with Crippen molar-refractivity contribution in [3.8, 4) is 0 Å². The summed E-state index contributed by atoms with van der Waals surface area (Å²) in [4.78, 5) is 16.2. The molecular weight excluding hydrogens is 297 g/mol. The van der Waals surface area contributed by atoms with Crippen LogP contribution in [0.3, 0.4) is 0 Å². The van der Waals surface area contributed by atoms with Crippen molar-refractivity contribution in [1.29, 1.82) is 0 Å². The van der Waals surface area contributed by atoms with Crippen LogP contribution in [0.2, 0.25) is 10.0 Å². The van der Waals surface area contributed by atoms with E-state index in [0.29, 0.717) is 28.8 Å². The Morgan fingerprint density at radius 2 is 2.00 bits per heavy atom. The minimum atomic E-state index is -0.146. The predicted molar refractivity (Wildman–Crippen MR) is 83.7 cm³/mol. The first kappa shape index (κ1) is 15.2. The van der Waals surface area contributed by atoms with Crippen molar-refractivity contribution in [3.63, 3.8) is 0 Å². The number of hydrogen-bond acceptors (Lipinski definition) is 2. The standard InChI is InChI=1S/C14H17Cl2N3O/c1-2-5-18-6-8-19(9-7-18)14(20)17-13-10-11(15)3-4-12(13)16/h2-4,10H,1,5-9H2,(H,17,20). The molecule has 0 bridgehead atoms. The van der Waals surface area contributed by atoms with Crippen LogP contribution in [0.4, 0.5) is 10.5 Å². The lowest BCUT2D eigenvalue weighted by Gasteiger charge is -2.34. The molecule has 6 heteroatoms. The Morgan fingerprint density at radius 1 is 1.30 bits per heavy atom. The van der Waals surface area contributed by atoms with Crippen LogP contribution >= 0.6 is 23.2 Å². The second kappa shape index (κ2) is 6.97. The highest BCUT2D eigenvalue weighted by Gasteiger charge is 2.20. The van der Waals surface area contributed by atoms with Gasteiger partial charge in [-0.3, -0.25) is 4.90 Å². The van der Waals surface area contributed by atoms with Gasteiger partial charge in [0.25, 0.3) is 0 Å². The van der Waals surface area contributed by atoms with Crippen molar-refractivity contribution in [2.75, 3.05) is 38.0 Å². The summed E-state index contributed by atoms with van der Waals surface area (Å²) in [5.74, 6) is 0. The topological polar surface area (TPSA) is 35.6 Å². The molecule has 0 unspecified atom stereocenters. The molecule has 1 aromatic rings. The van der Waals surface area contributed by atoms with E-state index >= 15 is 0 Å². The first-order chi connectivity index (χ1) is 9.60. The van der Waals surface area contributed by atoms with Gasteiger partial charge in [0.1, 0.15) is 0 Å². The third-order valence-corrected chi connectivity index (χ3v) is 3.78. The third kappa shape index (κ3) is 3.88. The highest BCUT2D eigenvalue weighted by molar-refractivity contribution is 6.35. The minimum absolute atomic E-state index is 0.146. The van der Waals surface area contributed by atoms with Crippen molar-refractivity contribution < 1.29 is 4.79 Å². The van der Waals surface area contributed by atoms with Gasteiger partial charge in [0.15, 0.2) is 0 Å². The van der Waals surface area contributed by atoms with Gasteiger partial charge in [-0.1, -0.05) is 29.3 Å². The van der Waals surface area contributed by atoms with Gasteiger partial charge in [-0.25, -0.2) is 4.79 Å². The van der Waals surface area contributed by atoms with E-state index in [1.165, 1.54) is 0 Å². The molecule has 1 aliphatic rings. The summed E-state index contributed by atoms with van der Waals surface area (Å²) in [5, 5.41) is 3.82. The van der Waals surface area contributed by atoms with Crippen molar-refractivity contribution >= 4 is 34.9 Å². The quantitative estimate of drug-likeness (QED) is 0.869. The summed E-state index contributed by atoms with van der Waals surface area (Å²) in [6.07, 6.45) is 1.88. The number of urea groups is 1. The van der Waals surface area contributed by atoms with E-state index in [9.17, 15) is 4.79 Å². The van der Waals surface area contributed by atoms with E-state index in [1.807, 2.05) is 6.08 Å². The number of piperazine rings is 1. The van der Waals surface area contributed by atoms with E-state index in [0.717, 1.165) is 19.6 Å². The molecule has 1 aliphatic heterocycles. The Kier molecular flexibility index (Phi) is 5.29. The van der Waals surface area contributed by atoms with Gasteiger partial charge in [-0.15, -0.1) is 6.58 Å². The van der Waals surface area contributed by atoms with Gasteiger partial charge >= 0.3 is 6.03 Å². The number of nitrogens with zero attached hydrogens (tertiary/aromatic N) is 2. The summed E-state index contributed by atoms with van der Waals surface area (Å²) in [7, 11) is 0. The van der Waals surface area contributed by atoms with Gasteiger partial charge in [-0.2, -0.15) is 0 Å². The molecule has 0 radical (unpaired) electrons. The molecule has 0 aliphatic carbocycles. The summed E-state index contributed by atoms with van der Waals surface area (Å²) in [6.45, 7) is 7.66. The van der Waals surface area contributed by atoms with Crippen LogP contribution in [0.1, 0.15) is 0 Å². The van der Waals surface area contributed by atoms with Crippen molar-refractivity contribution in [1.82, 2.24) is 9.80 Å². The fourth-order valence-corrected chi connectivity index (χ4v) is 2.44. The Bertz CT molecular complexity index is 499. The SMILES string of the molecule is C=CCN1CCN(C(=O)Nc2cc(Cl)ccc2Cl)CC1. The second-order valence-corrected chi connectivity index (χ2v) is 5.47. The van der Waals surface area contributed by atoms with E-state index in [2.05, 4.69) is 16.8 Å². The average Bonchev–Trinajstić information content (AvgIpc) is 2.44. The number of carbonyl (C=O) groups excluding carboxylic acids is 1. The van der Waals surface area contributed by atoms with Gasteiger partial charge in [0, 0.05) is 37.7 Å². The van der Waals surface area contributed by atoms with Crippen LogP contribution < -0.4 is 5.32 Å². The van der Waals surface area contributed by atoms with Gasteiger partial charge in [0.2, 0.25) is 0 Å². The first-order valence-electron chi connectivity index (χ1n) is 6.44. The summed E-state index contributed by atoms with van der Waals surface area (Å²) >= 11 is 11.9. The number of anilines is 1. The number of nitrogens with one attached hydrogen (secondary N) is 1. The lowest BCUT2D eigenvalue weighted by atomic mass is 10.3. The van der Waals surface area contributed by atoms with Crippen LogP contribution in [0.25, 0.3) is 0 Å². The van der Waals surface area contributed by atoms with Crippen molar-refractivity contribution in [2.24, 2.45) is 0 Å². The largest absolute Gasteiger partial charge is 0.322 e. The molecule has 1 aromatic carbocycles. The van der Waals surface area contributed by atoms with Crippen LogP contribution in [0.15, 0.2) is 30.9 Å². The normalized spacial score (nSPS) is 16.0. The maximum Gasteiger partial charge on any atom is 0.321 e. The zero-order valence-corrected chi connectivity index (χ0v) is 12.6. The van der Waals surface area contributed by atoms with Crippen LogP contribution in [0.5, 0.6) is 0 Å². The lowest BCUT2D eigenvalue weighted by molar-refractivity contribution is 0.156. The molecule has 2 rings (SSSR count). The zero-order chi connectivity index (χ0) is 14.5. The number of rotatable bonds is 3. The molecule has 0 saturated carbocycles. The number of benzene rings is 1. The number of carbonyl (C=O) groups is 1. The second-order valence-electron chi connectivity index (χ2n) is 4.63. The molecule has 108 valence electrons. The third-order valence-electron chi connectivity index (χ3n) is 3.22. The molecule has 4 nitrogen and oxygen atoms in total. The number of hydrogen-bond donors (Lipinski definition) is 1. The highest BCUT2D eigenvalue weighted by Crippen LogP contribution is 2.25. The Morgan fingerprint density at radius 3 is 2.65 bits per heavy atom. The minimum Gasteiger partial charge on any atom is -0.322 e. The fourth-order valence-electron chi connectivity index (χ4n) is 2.10. The molecule has 2 amide bonds. The fraction of sp³-hybridized carbons (Fsp3) is 0.357. The van der Waals surface area contributed by atoms with Crippen molar-refractivity contribution in [2.45, 2.75) is 0 Å². The smallest absolute Gasteiger partial charge is 0.321 e. The van der Waals surface area contributed by atoms with Crippen LogP contribution in [0, 0.1) is 0 Å². The van der Waals surface area contributed by atoms with Gasteiger partial charge in [-0.05, 0) is 18.2 Å². The Balaban J connectivity index is 1.92. The Labute approximate surface area is 128 Å². The van der Waals surface area contributed by atoms with E-state index < -0.39 is 0 Å². The predicted octanol–water partition coefficient (Wildman–Crippen LogP) is 3.33. The molecular formula is C14H17Cl2N3O. The summed E-state index contributed by atoms with van der Waals surface area (Å²) < 4.78 is 0. The first-order valence-corrected chi connectivity index (χ1v) is 7.20. The maximum absolute atomic E-state index is 12.2. The molecule has 1 saturated heterocycles. The molecule has 1 N–H and O–H groups in total. The average molecular weight is 314 g/mol. The van der Waals surface area contributed by atoms with E-state index in [1.54, 1.807) is 23.1 Å². The lowest BCUT2D eigenvalue weighted by Crippen LogP contribution is -2.49. The molecule has 20 heavy (non-hydrogen) atoms. The Hall–Kier alpha value is -1.23.